The van der Waals surface area contributed by atoms with E-state index in [0.717, 1.165) is 32.1 Å². The largest absolute Gasteiger partial charge is 0.394 e. The first kappa shape index (κ1) is 29.8. The van der Waals surface area contributed by atoms with Gasteiger partial charge in [-0.2, -0.15) is 0 Å². The normalized spacial score (nSPS) is 28.9. The molecular formula is C29H47N3O4S. The van der Waals surface area contributed by atoms with Crippen molar-refractivity contribution in [2.24, 2.45) is 17.8 Å². The van der Waals surface area contributed by atoms with Gasteiger partial charge in [-0.3, -0.25) is 14.4 Å². The minimum atomic E-state index is -0.676. The zero-order chi connectivity index (χ0) is 27.3. The van der Waals surface area contributed by atoms with Gasteiger partial charge in [-0.05, 0) is 38.0 Å². The summed E-state index contributed by atoms with van der Waals surface area (Å²) in [5, 5.41) is 10.5. The van der Waals surface area contributed by atoms with Crippen LogP contribution in [-0.4, -0.2) is 92.4 Å². The molecule has 0 aromatic rings. The van der Waals surface area contributed by atoms with Gasteiger partial charge >= 0.3 is 0 Å². The van der Waals surface area contributed by atoms with E-state index in [9.17, 15) is 19.5 Å². The van der Waals surface area contributed by atoms with Crippen molar-refractivity contribution in [3.63, 3.8) is 0 Å². The number of rotatable bonds is 15. The van der Waals surface area contributed by atoms with Gasteiger partial charge in [-0.15, -0.1) is 24.9 Å². The zero-order valence-corrected chi connectivity index (χ0v) is 24.0. The lowest BCUT2D eigenvalue weighted by atomic mass is 9.70. The second-order valence-electron chi connectivity index (χ2n) is 11.3. The number of fused-ring (bicyclic) bond motifs is 1. The molecule has 3 aliphatic rings. The van der Waals surface area contributed by atoms with E-state index in [1.807, 2.05) is 16.7 Å². The molecule has 3 amide bonds. The summed E-state index contributed by atoms with van der Waals surface area (Å²) < 4.78 is -0.638. The molecule has 37 heavy (non-hydrogen) atoms. The molecule has 2 unspecified atom stereocenters. The molecule has 3 rings (SSSR count). The number of aliphatic hydroxyl groups excluding tert-OH is 1. The Kier molecular flexibility index (Phi) is 10.3. The smallest absolute Gasteiger partial charge is 0.247 e. The van der Waals surface area contributed by atoms with Crippen molar-refractivity contribution < 1.29 is 19.5 Å². The van der Waals surface area contributed by atoms with Crippen LogP contribution in [0.1, 0.15) is 66.2 Å². The highest BCUT2D eigenvalue weighted by atomic mass is 32.2. The van der Waals surface area contributed by atoms with Gasteiger partial charge in [0.1, 0.15) is 6.04 Å². The molecule has 1 N–H and O–H groups in total. The van der Waals surface area contributed by atoms with Crippen LogP contribution in [0.25, 0.3) is 0 Å². The van der Waals surface area contributed by atoms with Crippen LogP contribution >= 0.6 is 11.8 Å². The summed E-state index contributed by atoms with van der Waals surface area (Å²) in [5.41, 5.74) is 0. The first-order valence-electron chi connectivity index (χ1n) is 14.1. The summed E-state index contributed by atoms with van der Waals surface area (Å²) in [7, 11) is 0. The summed E-state index contributed by atoms with van der Waals surface area (Å²) in [6, 6.07) is -1.13. The van der Waals surface area contributed by atoms with Gasteiger partial charge < -0.3 is 19.8 Å². The number of carbonyl (C=O) groups excluding carboxylic acids is 3. The van der Waals surface area contributed by atoms with Crippen LogP contribution < -0.4 is 0 Å². The third-order valence-corrected chi connectivity index (χ3v) is 10.2. The Morgan fingerprint density at radius 2 is 1.78 bits per heavy atom. The van der Waals surface area contributed by atoms with Gasteiger partial charge in [0.2, 0.25) is 17.7 Å². The van der Waals surface area contributed by atoms with E-state index < -0.39 is 28.7 Å². The number of unbranched alkanes of at least 4 members (excludes halogenated alkanes) is 1. The minimum Gasteiger partial charge on any atom is -0.394 e. The summed E-state index contributed by atoms with van der Waals surface area (Å²) in [6.07, 6.45) is 8.30. The van der Waals surface area contributed by atoms with Crippen molar-refractivity contribution in [1.29, 1.82) is 0 Å². The number of aliphatic hydroxyl groups is 1. The van der Waals surface area contributed by atoms with Crippen LogP contribution in [0, 0.1) is 17.8 Å². The van der Waals surface area contributed by atoms with E-state index in [0.29, 0.717) is 32.6 Å². The van der Waals surface area contributed by atoms with Crippen LogP contribution in [0.3, 0.4) is 0 Å². The second-order valence-corrected chi connectivity index (χ2v) is 12.9. The lowest BCUT2D eigenvalue weighted by Gasteiger charge is -2.40. The van der Waals surface area contributed by atoms with E-state index in [1.54, 1.807) is 28.8 Å². The maximum absolute atomic E-state index is 14.3. The standard InChI is InChI=1S/C29H47N3O4S/c1-7-11-17-31(16-10-4)28(36)25-29-13-12-22(37-29)23(26(34)30(14-8-2)15-9-3)24(29)27(35)32(25)21(19-33)18-20(5)6/h8,10,20-25,33H,2,4,7,9,11-19H2,1,3,5-6H3/t21-,22+,23-,24+,25?,29?/m1/s1. The number of carbonyl (C=O) groups is 3. The molecular weight excluding hydrogens is 486 g/mol. The molecule has 208 valence electrons. The van der Waals surface area contributed by atoms with E-state index >= 15 is 0 Å². The van der Waals surface area contributed by atoms with Crippen molar-refractivity contribution in [2.75, 3.05) is 32.8 Å². The Hall–Kier alpha value is -1.80. The predicted octanol–water partition coefficient (Wildman–Crippen LogP) is 3.72. The monoisotopic (exact) mass is 533 g/mol. The Balaban J connectivity index is 2.08. The number of hydrogen-bond acceptors (Lipinski definition) is 5. The molecule has 2 bridgehead atoms. The van der Waals surface area contributed by atoms with E-state index in [4.69, 9.17) is 0 Å². The van der Waals surface area contributed by atoms with Gasteiger partial charge in [0, 0.05) is 31.4 Å². The highest BCUT2D eigenvalue weighted by Crippen LogP contribution is 2.67. The maximum Gasteiger partial charge on any atom is 0.247 e. The minimum absolute atomic E-state index is 0.00515. The highest BCUT2D eigenvalue weighted by molar-refractivity contribution is 8.02. The van der Waals surface area contributed by atoms with Gasteiger partial charge in [-0.25, -0.2) is 0 Å². The van der Waals surface area contributed by atoms with Gasteiger partial charge in [0.05, 0.1) is 29.2 Å². The summed E-state index contributed by atoms with van der Waals surface area (Å²) >= 11 is 1.70. The van der Waals surface area contributed by atoms with Crippen LogP contribution in [0.2, 0.25) is 0 Å². The fraction of sp³-hybridized carbons (Fsp3) is 0.759. The fourth-order valence-electron chi connectivity index (χ4n) is 6.76. The molecule has 3 aliphatic heterocycles. The summed E-state index contributed by atoms with van der Waals surface area (Å²) in [5.74, 6) is -0.929. The van der Waals surface area contributed by atoms with Gasteiger partial charge in [0.15, 0.2) is 0 Å². The van der Waals surface area contributed by atoms with E-state index in [1.165, 1.54) is 0 Å². The molecule has 0 aromatic heterocycles. The second kappa shape index (κ2) is 12.8. The Labute approximate surface area is 227 Å². The number of amides is 3. The SMILES string of the molecule is C=CCN(CCCC)C(=O)C1N([C@@H](CO)CC(C)C)C(=O)[C@@H]2[C@H](C(=O)N(CC=C)CCC)[C@@H]3CCC12S3. The summed E-state index contributed by atoms with van der Waals surface area (Å²) in [6.45, 7) is 17.9. The number of likely N-dealkylation sites (tertiary alicyclic amines) is 1. The van der Waals surface area contributed by atoms with Crippen LogP contribution in [0.4, 0.5) is 0 Å². The lowest BCUT2D eigenvalue weighted by molar-refractivity contribution is -0.147. The van der Waals surface area contributed by atoms with Gasteiger partial charge in [-0.1, -0.05) is 46.3 Å². The molecule has 0 radical (unpaired) electrons. The molecule has 0 aliphatic carbocycles. The fourth-order valence-corrected chi connectivity index (χ4v) is 8.96. The molecule has 6 atom stereocenters. The molecule has 0 saturated carbocycles. The average Bonchev–Trinajstić information content (AvgIpc) is 3.51. The number of thioether (sulfide) groups is 1. The Bertz CT molecular complexity index is 864. The van der Waals surface area contributed by atoms with Gasteiger partial charge in [0.25, 0.3) is 0 Å². The molecule has 7 nitrogen and oxygen atoms in total. The lowest BCUT2D eigenvalue weighted by Crippen LogP contribution is -2.57. The summed E-state index contributed by atoms with van der Waals surface area (Å²) in [4.78, 5) is 47.9. The van der Waals surface area contributed by atoms with Crippen molar-refractivity contribution in [3.8, 4) is 0 Å². The van der Waals surface area contributed by atoms with Crippen LogP contribution in [0.15, 0.2) is 25.3 Å². The first-order chi connectivity index (χ1) is 17.7. The average molecular weight is 534 g/mol. The Morgan fingerprint density at radius 1 is 1.14 bits per heavy atom. The predicted molar refractivity (Wildman–Crippen MR) is 150 cm³/mol. The molecule has 3 fully saturated rings. The van der Waals surface area contributed by atoms with Crippen molar-refractivity contribution in [1.82, 2.24) is 14.7 Å². The maximum atomic E-state index is 14.3. The van der Waals surface area contributed by atoms with E-state index in [2.05, 4.69) is 33.9 Å². The van der Waals surface area contributed by atoms with Crippen molar-refractivity contribution in [2.45, 2.75) is 88.3 Å². The molecule has 3 heterocycles. The molecule has 3 saturated heterocycles. The number of nitrogens with zero attached hydrogens (tertiary/aromatic N) is 3. The molecule has 8 heteroatoms. The zero-order valence-electron chi connectivity index (χ0n) is 23.2. The van der Waals surface area contributed by atoms with Crippen molar-refractivity contribution in [3.05, 3.63) is 25.3 Å². The topological polar surface area (TPSA) is 81.2 Å². The van der Waals surface area contributed by atoms with Crippen molar-refractivity contribution >= 4 is 29.5 Å². The quantitative estimate of drug-likeness (QED) is 0.325. The molecule has 0 aromatic carbocycles. The van der Waals surface area contributed by atoms with Crippen LogP contribution in [0.5, 0.6) is 0 Å². The first-order valence-corrected chi connectivity index (χ1v) is 15.0. The number of hydrogen-bond donors (Lipinski definition) is 1. The third-order valence-electron chi connectivity index (χ3n) is 8.20. The van der Waals surface area contributed by atoms with Crippen LogP contribution in [-0.2, 0) is 14.4 Å². The highest BCUT2D eigenvalue weighted by Gasteiger charge is 2.74. The molecule has 1 spiro atoms. The third kappa shape index (κ3) is 5.51. The Morgan fingerprint density at radius 3 is 2.32 bits per heavy atom. The van der Waals surface area contributed by atoms with E-state index in [-0.39, 0.29) is 35.5 Å².